The number of thiol groups is 1. The van der Waals surface area contributed by atoms with Gasteiger partial charge in [0.15, 0.2) is 0 Å². The number of allylic oxidation sites excluding steroid dienone is 3. The first-order valence-electron chi connectivity index (χ1n) is 14.4. The van der Waals surface area contributed by atoms with Gasteiger partial charge in [-0.1, -0.05) is 127 Å². The highest BCUT2D eigenvalue weighted by Crippen LogP contribution is 2.64. The normalized spacial score (nSPS) is 17.4. The molecule has 1 aromatic heterocycles. The van der Waals surface area contributed by atoms with E-state index in [1.54, 1.807) is 109 Å². The minimum atomic E-state index is -5.66. The quantitative estimate of drug-likeness (QED) is 0.0956. The molecule has 0 unspecified atom stereocenters. The minimum Gasteiger partial charge on any atom is -0.194 e. The Bertz CT molecular complexity index is 1920. The molecule has 46 heavy (non-hydrogen) atoms. The Kier molecular flexibility index (Phi) is 8.61. The van der Waals surface area contributed by atoms with Gasteiger partial charge in [0.1, 0.15) is 0 Å². The highest BCUT2D eigenvalue weighted by atomic mass is 32.1. The number of alkyl halides is 6. The van der Waals surface area contributed by atoms with Crippen molar-refractivity contribution in [2.45, 2.75) is 24.2 Å². The summed E-state index contributed by atoms with van der Waals surface area (Å²) in [7, 11) is 0. The standard InChI is InChI=1S/C38H26F6S2/c39-36(40)31(21-22-32(45)27-17-9-3-10-18-27)34(37(41,42)38(36,43)44)30-24-33(28-19-11-4-12-20-28)46-35(30)29(26-15-7-2-8-16-26)23-25-13-5-1-6-14-25/h1-20,22-24,45H,21H2/b29-23+,32-22-. The van der Waals surface area contributed by atoms with E-state index < -0.39 is 35.3 Å². The molecule has 4 aromatic carbocycles. The molecule has 1 aliphatic rings. The molecular weight excluding hydrogens is 635 g/mol. The predicted molar refractivity (Wildman–Crippen MR) is 179 cm³/mol. The Balaban J connectivity index is 1.65. The molecule has 0 saturated carbocycles. The number of benzene rings is 4. The van der Waals surface area contributed by atoms with Crippen LogP contribution in [0.5, 0.6) is 0 Å². The van der Waals surface area contributed by atoms with Crippen LogP contribution >= 0.6 is 24.0 Å². The molecule has 5 aromatic rings. The summed E-state index contributed by atoms with van der Waals surface area (Å²) >= 11 is 5.46. The summed E-state index contributed by atoms with van der Waals surface area (Å²) in [6, 6.07) is 36.5. The van der Waals surface area contributed by atoms with E-state index in [0.717, 1.165) is 16.9 Å². The molecule has 0 spiro atoms. The van der Waals surface area contributed by atoms with Gasteiger partial charge in [-0.15, -0.1) is 24.0 Å². The molecule has 0 nitrogen and oxygen atoms in total. The maximum atomic E-state index is 16.0. The highest BCUT2D eigenvalue weighted by Gasteiger charge is 2.79. The molecule has 0 atom stereocenters. The van der Waals surface area contributed by atoms with Gasteiger partial charge in [0, 0.05) is 36.9 Å². The Hall–Kier alpha value is -4.27. The summed E-state index contributed by atoms with van der Waals surface area (Å²) in [6.07, 6.45) is 2.08. The highest BCUT2D eigenvalue weighted by molar-refractivity contribution is 7.90. The van der Waals surface area contributed by atoms with Crippen LogP contribution in [0.2, 0.25) is 0 Å². The van der Waals surface area contributed by atoms with Crippen molar-refractivity contribution in [3.63, 3.8) is 0 Å². The average Bonchev–Trinajstić information content (AvgIpc) is 3.54. The summed E-state index contributed by atoms with van der Waals surface area (Å²) < 4.78 is 93.9. The van der Waals surface area contributed by atoms with E-state index in [0.29, 0.717) is 27.1 Å². The van der Waals surface area contributed by atoms with Gasteiger partial charge in [0.2, 0.25) is 0 Å². The van der Waals surface area contributed by atoms with Gasteiger partial charge in [-0.25, -0.2) is 0 Å². The SMILES string of the molecule is FC1(F)C(C/C=C(\S)c2ccccc2)=C(c2cc(-c3ccccc3)sc2/C(=C/c2ccccc2)c2ccccc2)C(F)(F)C1(F)F. The van der Waals surface area contributed by atoms with Crippen LogP contribution in [0.15, 0.2) is 139 Å². The molecule has 8 heteroatoms. The number of hydrogen-bond donors (Lipinski definition) is 1. The lowest BCUT2D eigenvalue weighted by molar-refractivity contribution is -0.260. The van der Waals surface area contributed by atoms with E-state index >= 15 is 26.3 Å². The Labute approximate surface area is 272 Å². The second-order valence-electron chi connectivity index (χ2n) is 10.8. The van der Waals surface area contributed by atoms with E-state index in [9.17, 15) is 0 Å². The second kappa shape index (κ2) is 12.5. The predicted octanol–water partition coefficient (Wildman–Crippen LogP) is 12.0. The smallest absolute Gasteiger partial charge is 0.194 e. The molecular formula is C38H26F6S2. The van der Waals surface area contributed by atoms with E-state index in [1.165, 1.54) is 12.1 Å². The topological polar surface area (TPSA) is 0 Å². The van der Waals surface area contributed by atoms with Gasteiger partial charge in [-0.3, -0.25) is 0 Å². The van der Waals surface area contributed by atoms with Crippen LogP contribution in [-0.2, 0) is 0 Å². The first kappa shape index (κ1) is 31.7. The molecule has 0 saturated heterocycles. The third kappa shape index (κ3) is 5.65. The lowest BCUT2D eigenvalue weighted by atomic mass is 9.92. The fourth-order valence-electron chi connectivity index (χ4n) is 5.51. The lowest BCUT2D eigenvalue weighted by Crippen LogP contribution is -2.49. The van der Waals surface area contributed by atoms with Gasteiger partial charge < -0.3 is 0 Å². The van der Waals surface area contributed by atoms with Crippen molar-refractivity contribution in [3.8, 4) is 10.4 Å². The number of halogens is 6. The lowest BCUT2D eigenvalue weighted by Gasteiger charge is -2.26. The molecule has 0 aliphatic heterocycles. The van der Waals surface area contributed by atoms with Crippen molar-refractivity contribution in [1.82, 2.24) is 0 Å². The summed E-state index contributed by atoms with van der Waals surface area (Å²) in [5.41, 5.74) is -0.131. The Morgan fingerprint density at radius 1 is 0.652 bits per heavy atom. The summed E-state index contributed by atoms with van der Waals surface area (Å²) in [5, 5.41) is 0. The van der Waals surface area contributed by atoms with Crippen molar-refractivity contribution in [3.05, 3.63) is 166 Å². The van der Waals surface area contributed by atoms with Crippen LogP contribution in [0.25, 0.3) is 32.6 Å². The van der Waals surface area contributed by atoms with Gasteiger partial charge in [-0.2, -0.15) is 26.3 Å². The maximum absolute atomic E-state index is 16.0. The third-order valence-corrected chi connectivity index (χ3v) is 9.51. The van der Waals surface area contributed by atoms with Gasteiger partial charge in [0.25, 0.3) is 0 Å². The molecule has 0 amide bonds. The van der Waals surface area contributed by atoms with Crippen molar-refractivity contribution < 1.29 is 26.3 Å². The molecule has 0 radical (unpaired) electrons. The Morgan fingerprint density at radius 3 is 1.76 bits per heavy atom. The molecule has 0 N–H and O–H groups in total. The number of thiophene rings is 1. The van der Waals surface area contributed by atoms with Crippen molar-refractivity contribution >= 4 is 46.1 Å². The van der Waals surface area contributed by atoms with E-state index in [-0.39, 0.29) is 15.3 Å². The van der Waals surface area contributed by atoms with Crippen molar-refractivity contribution in [2.75, 3.05) is 0 Å². The summed E-state index contributed by atoms with van der Waals surface area (Å²) in [5.74, 6) is -16.0. The van der Waals surface area contributed by atoms with E-state index in [2.05, 4.69) is 12.6 Å². The van der Waals surface area contributed by atoms with Crippen LogP contribution < -0.4 is 0 Å². The van der Waals surface area contributed by atoms with Crippen LogP contribution in [0, 0.1) is 0 Å². The number of hydrogen-bond acceptors (Lipinski definition) is 2. The average molecular weight is 661 g/mol. The van der Waals surface area contributed by atoms with Gasteiger partial charge in [-0.05, 0) is 40.8 Å². The van der Waals surface area contributed by atoms with Crippen LogP contribution in [0.1, 0.15) is 33.6 Å². The molecule has 0 fully saturated rings. The minimum absolute atomic E-state index is 0.174. The molecule has 1 heterocycles. The Morgan fingerprint density at radius 2 is 1.17 bits per heavy atom. The fraction of sp³-hybridized carbons (Fsp3) is 0.105. The molecule has 1 aliphatic carbocycles. The fourth-order valence-corrected chi connectivity index (χ4v) is 6.96. The zero-order chi connectivity index (χ0) is 32.5. The summed E-state index contributed by atoms with van der Waals surface area (Å²) in [4.78, 5) is 0.843. The van der Waals surface area contributed by atoms with Gasteiger partial charge in [0.05, 0.1) is 0 Å². The van der Waals surface area contributed by atoms with Crippen molar-refractivity contribution in [2.24, 2.45) is 0 Å². The second-order valence-corrected chi connectivity index (χ2v) is 12.3. The maximum Gasteiger partial charge on any atom is 0.380 e. The monoisotopic (exact) mass is 660 g/mol. The van der Waals surface area contributed by atoms with Crippen molar-refractivity contribution in [1.29, 1.82) is 0 Å². The summed E-state index contributed by atoms with van der Waals surface area (Å²) in [6.45, 7) is 0. The van der Waals surface area contributed by atoms with Crippen LogP contribution in [-0.4, -0.2) is 17.8 Å². The largest absolute Gasteiger partial charge is 0.380 e. The first-order valence-corrected chi connectivity index (χ1v) is 15.6. The van der Waals surface area contributed by atoms with E-state index in [1.807, 2.05) is 18.2 Å². The van der Waals surface area contributed by atoms with Crippen LogP contribution in [0.3, 0.4) is 0 Å². The molecule has 232 valence electrons. The van der Waals surface area contributed by atoms with Gasteiger partial charge >= 0.3 is 17.8 Å². The first-order chi connectivity index (χ1) is 22.0. The zero-order valence-corrected chi connectivity index (χ0v) is 25.8. The molecule has 0 bridgehead atoms. The third-order valence-electron chi connectivity index (χ3n) is 7.85. The van der Waals surface area contributed by atoms with E-state index in [4.69, 9.17) is 0 Å². The zero-order valence-electron chi connectivity index (χ0n) is 24.1. The molecule has 6 rings (SSSR count). The van der Waals surface area contributed by atoms with Crippen LogP contribution in [0.4, 0.5) is 26.3 Å². The number of rotatable bonds is 8.